The second kappa shape index (κ2) is 5.41. The number of aromatic nitrogens is 1. The van der Waals surface area contributed by atoms with Crippen LogP contribution in [0.4, 0.5) is 0 Å². The SMILES string of the molecule is CCC(N)CC(=O)NC(C)(C)c1nccs1. The monoisotopic (exact) mass is 241 g/mol. The molecule has 3 N–H and O–H groups in total. The summed E-state index contributed by atoms with van der Waals surface area (Å²) in [6.07, 6.45) is 2.92. The molecule has 1 heterocycles. The third kappa shape index (κ3) is 3.57. The molecule has 0 spiro atoms. The first-order valence-electron chi connectivity index (χ1n) is 5.42. The van der Waals surface area contributed by atoms with Crippen molar-refractivity contribution in [1.29, 1.82) is 0 Å². The number of rotatable bonds is 5. The summed E-state index contributed by atoms with van der Waals surface area (Å²) in [6, 6.07) is -0.0629. The van der Waals surface area contributed by atoms with Gasteiger partial charge in [-0.05, 0) is 20.3 Å². The Morgan fingerprint density at radius 2 is 2.38 bits per heavy atom. The predicted octanol–water partition coefficient (Wildman–Crippen LogP) is 1.62. The molecule has 5 heteroatoms. The van der Waals surface area contributed by atoms with E-state index in [0.717, 1.165) is 11.4 Å². The molecule has 4 nitrogen and oxygen atoms in total. The van der Waals surface area contributed by atoms with Crippen molar-refractivity contribution in [2.75, 3.05) is 0 Å². The molecule has 0 aliphatic rings. The van der Waals surface area contributed by atoms with Crippen LogP contribution < -0.4 is 11.1 Å². The molecule has 0 radical (unpaired) electrons. The van der Waals surface area contributed by atoms with Gasteiger partial charge < -0.3 is 11.1 Å². The minimum atomic E-state index is -0.418. The van der Waals surface area contributed by atoms with E-state index in [0.29, 0.717) is 6.42 Å². The third-order valence-electron chi connectivity index (χ3n) is 2.39. The Hall–Kier alpha value is -0.940. The van der Waals surface area contributed by atoms with Crippen molar-refractivity contribution in [1.82, 2.24) is 10.3 Å². The maximum Gasteiger partial charge on any atom is 0.222 e. The van der Waals surface area contributed by atoms with Gasteiger partial charge in [0.25, 0.3) is 0 Å². The molecule has 0 saturated carbocycles. The molecule has 16 heavy (non-hydrogen) atoms. The summed E-state index contributed by atoms with van der Waals surface area (Å²) in [6.45, 7) is 5.87. The number of hydrogen-bond acceptors (Lipinski definition) is 4. The zero-order valence-electron chi connectivity index (χ0n) is 9.99. The van der Waals surface area contributed by atoms with Crippen LogP contribution in [0, 0.1) is 0 Å². The van der Waals surface area contributed by atoms with E-state index in [4.69, 9.17) is 5.73 Å². The highest BCUT2D eigenvalue weighted by molar-refractivity contribution is 7.09. The average molecular weight is 241 g/mol. The van der Waals surface area contributed by atoms with Crippen LogP contribution in [0.1, 0.15) is 38.6 Å². The maximum atomic E-state index is 11.7. The summed E-state index contributed by atoms with van der Waals surface area (Å²) in [5.74, 6) is -0.0189. The molecular formula is C11H19N3OS. The highest BCUT2D eigenvalue weighted by atomic mass is 32.1. The smallest absolute Gasteiger partial charge is 0.222 e. The molecular weight excluding hydrogens is 222 g/mol. The Bertz CT molecular complexity index is 335. The van der Waals surface area contributed by atoms with Crippen LogP contribution in [0.25, 0.3) is 0 Å². The van der Waals surface area contributed by atoms with Crippen molar-refractivity contribution in [3.8, 4) is 0 Å². The summed E-state index contributed by atoms with van der Waals surface area (Å²) in [7, 11) is 0. The van der Waals surface area contributed by atoms with Gasteiger partial charge in [-0.1, -0.05) is 6.92 Å². The number of carbonyl (C=O) groups is 1. The van der Waals surface area contributed by atoms with Gasteiger partial charge in [-0.25, -0.2) is 4.98 Å². The molecule has 0 aliphatic heterocycles. The van der Waals surface area contributed by atoms with Crippen LogP contribution in [-0.2, 0) is 10.3 Å². The Morgan fingerprint density at radius 1 is 1.69 bits per heavy atom. The van der Waals surface area contributed by atoms with Crippen molar-refractivity contribution in [3.63, 3.8) is 0 Å². The highest BCUT2D eigenvalue weighted by Crippen LogP contribution is 2.22. The fourth-order valence-corrected chi connectivity index (χ4v) is 2.09. The van der Waals surface area contributed by atoms with Crippen molar-refractivity contribution in [2.24, 2.45) is 5.73 Å². The average Bonchev–Trinajstić information content (AvgIpc) is 2.69. The van der Waals surface area contributed by atoms with Crippen molar-refractivity contribution in [2.45, 2.75) is 45.2 Å². The molecule has 1 unspecified atom stereocenters. The van der Waals surface area contributed by atoms with Gasteiger partial charge in [0.05, 0.1) is 5.54 Å². The minimum Gasteiger partial charge on any atom is -0.345 e. The third-order valence-corrected chi connectivity index (χ3v) is 3.49. The first-order chi connectivity index (χ1) is 7.45. The van der Waals surface area contributed by atoms with E-state index in [1.807, 2.05) is 26.2 Å². The van der Waals surface area contributed by atoms with E-state index < -0.39 is 5.54 Å². The largest absolute Gasteiger partial charge is 0.345 e. The van der Waals surface area contributed by atoms with Crippen molar-refractivity contribution < 1.29 is 4.79 Å². The summed E-state index contributed by atoms with van der Waals surface area (Å²) in [5.41, 5.74) is 5.32. The number of nitrogens with zero attached hydrogens (tertiary/aromatic N) is 1. The van der Waals surface area contributed by atoms with Gasteiger partial charge in [0.15, 0.2) is 0 Å². The molecule has 1 aromatic heterocycles. The highest BCUT2D eigenvalue weighted by Gasteiger charge is 2.25. The molecule has 1 aromatic rings. The lowest BCUT2D eigenvalue weighted by Gasteiger charge is -2.24. The van der Waals surface area contributed by atoms with Crippen molar-refractivity contribution in [3.05, 3.63) is 16.6 Å². The lowest BCUT2D eigenvalue weighted by Crippen LogP contribution is -2.43. The molecule has 1 atom stereocenters. The number of hydrogen-bond donors (Lipinski definition) is 2. The van der Waals surface area contributed by atoms with Crippen LogP contribution in [0.15, 0.2) is 11.6 Å². The fraction of sp³-hybridized carbons (Fsp3) is 0.636. The predicted molar refractivity (Wildman–Crippen MR) is 66.2 cm³/mol. The van der Waals surface area contributed by atoms with E-state index in [-0.39, 0.29) is 11.9 Å². The Balaban J connectivity index is 2.56. The molecule has 0 aromatic carbocycles. The van der Waals surface area contributed by atoms with Crippen LogP contribution in [-0.4, -0.2) is 16.9 Å². The van der Waals surface area contributed by atoms with E-state index in [9.17, 15) is 4.79 Å². The Labute approximate surface area is 100 Å². The van der Waals surface area contributed by atoms with Crippen LogP contribution in [0.5, 0.6) is 0 Å². The summed E-state index contributed by atoms with van der Waals surface area (Å²) >= 11 is 1.54. The summed E-state index contributed by atoms with van der Waals surface area (Å²) in [4.78, 5) is 15.9. The van der Waals surface area contributed by atoms with Gasteiger partial charge in [0, 0.05) is 24.0 Å². The molecule has 0 aliphatic carbocycles. The topological polar surface area (TPSA) is 68.0 Å². The van der Waals surface area contributed by atoms with E-state index in [2.05, 4.69) is 10.3 Å². The number of nitrogens with one attached hydrogen (secondary N) is 1. The van der Waals surface area contributed by atoms with E-state index in [1.165, 1.54) is 11.3 Å². The first kappa shape index (κ1) is 13.1. The minimum absolute atomic E-state index is 0.0189. The normalized spacial score (nSPS) is 13.5. The second-order valence-corrected chi connectivity index (χ2v) is 5.28. The molecule has 0 bridgehead atoms. The molecule has 0 fully saturated rings. The number of nitrogens with two attached hydrogens (primary N) is 1. The number of carbonyl (C=O) groups excluding carboxylic acids is 1. The van der Waals surface area contributed by atoms with Gasteiger partial charge in [0.2, 0.25) is 5.91 Å². The van der Waals surface area contributed by atoms with Gasteiger partial charge in [-0.2, -0.15) is 0 Å². The van der Waals surface area contributed by atoms with Crippen molar-refractivity contribution >= 4 is 17.2 Å². The van der Waals surface area contributed by atoms with Gasteiger partial charge in [-0.3, -0.25) is 4.79 Å². The Kier molecular flexibility index (Phi) is 4.44. The van der Waals surface area contributed by atoms with E-state index in [1.54, 1.807) is 6.20 Å². The lowest BCUT2D eigenvalue weighted by molar-refractivity contribution is -0.123. The maximum absolute atomic E-state index is 11.7. The van der Waals surface area contributed by atoms with Crippen LogP contribution in [0.3, 0.4) is 0 Å². The van der Waals surface area contributed by atoms with Crippen LogP contribution in [0.2, 0.25) is 0 Å². The molecule has 0 saturated heterocycles. The number of amides is 1. The molecule has 1 amide bonds. The van der Waals surface area contributed by atoms with Gasteiger partial charge in [0.1, 0.15) is 5.01 Å². The molecule has 90 valence electrons. The van der Waals surface area contributed by atoms with E-state index >= 15 is 0 Å². The Morgan fingerprint density at radius 3 is 2.88 bits per heavy atom. The fourth-order valence-electron chi connectivity index (χ4n) is 1.37. The second-order valence-electron chi connectivity index (χ2n) is 4.38. The number of thiazole rings is 1. The van der Waals surface area contributed by atoms with Gasteiger partial charge in [-0.15, -0.1) is 11.3 Å². The van der Waals surface area contributed by atoms with Crippen LogP contribution >= 0.6 is 11.3 Å². The zero-order chi connectivity index (χ0) is 12.2. The lowest BCUT2D eigenvalue weighted by atomic mass is 10.1. The summed E-state index contributed by atoms with van der Waals surface area (Å²) in [5, 5.41) is 5.76. The standard InChI is InChI=1S/C11H19N3OS/c1-4-8(12)7-9(15)14-11(2,3)10-13-5-6-16-10/h5-6,8H,4,7,12H2,1-3H3,(H,14,15). The summed E-state index contributed by atoms with van der Waals surface area (Å²) < 4.78 is 0. The molecule has 1 rings (SSSR count). The zero-order valence-corrected chi connectivity index (χ0v) is 10.8. The first-order valence-corrected chi connectivity index (χ1v) is 6.30. The van der Waals surface area contributed by atoms with Gasteiger partial charge >= 0.3 is 0 Å². The quantitative estimate of drug-likeness (QED) is 0.823.